The van der Waals surface area contributed by atoms with E-state index in [2.05, 4.69) is 22.3 Å². The van der Waals surface area contributed by atoms with Gasteiger partial charge < -0.3 is 10.6 Å². The topological polar surface area (TPSA) is 87.3 Å². The van der Waals surface area contributed by atoms with Crippen molar-refractivity contribution < 1.29 is 13.2 Å². The number of piperidine rings is 1. The summed E-state index contributed by atoms with van der Waals surface area (Å²) in [5, 5.41) is 8.25. The highest BCUT2D eigenvalue weighted by Gasteiger charge is 2.23. The van der Waals surface area contributed by atoms with Crippen LogP contribution in [0.15, 0.2) is 46.7 Å². The van der Waals surface area contributed by atoms with Crippen molar-refractivity contribution in [1.82, 2.24) is 15.4 Å². The van der Waals surface area contributed by atoms with E-state index >= 15 is 0 Å². The Morgan fingerprint density at radius 3 is 2.63 bits per heavy atom. The average molecular weight is 430 g/mol. The summed E-state index contributed by atoms with van der Waals surface area (Å²) in [6.45, 7) is 4.14. The predicted molar refractivity (Wildman–Crippen MR) is 110 cm³/mol. The molecule has 1 aromatic carbocycles. The second-order valence-electron chi connectivity index (χ2n) is 6.48. The molecule has 1 aliphatic heterocycles. The maximum absolute atomic E-state index is 12.4. The summed E-state index contributed by atoms with van der Waals surface area (Å²) in [5.74, 6) is 0.202. The number of amides is 1. The van der Waals surface area contributed by atoms with Crippen LogP contribution in [0.2, 0.25) is 0 Å². The Bertz CT molecular complexity index is 839. The maximum Gasteiger partial charge on any atom is 0.251 e. The van der Waals surface area contributed by atoms with Gasteiger partial charge in [-0.1, -0.05) is 13.0 Å². The Kier molecular flexibility index (Phi) is 7.81. The molecule has 0 radical (unpaired) electrons. The van der Waals surface area contributed by atoms with Crippen molar-refractivity contribution in [2.75, 3.05) is 13.1 Å². The molecule has 0 aliphatic carbocycles. The van der Waals surface area contributed by atoms with Gasteiger partial charge in [0.15, 0.2) is 0 Å². The Hall–Kier alpha value is -1.45. The number of thiophene rings is 1. The molecule has 1 aliphatic rings. The van der Waals surface area contributed by atoms with Crippen LogP contribution in [-0.4, -0.2) is 33.5 Å². The fourth-order valence-electron chi connectivity index (χ4n) is 2.93. The first kappa shape index (κ1) is 21.8. The molecule has 1 amide bonds. The first-order chi connectivity index (χ1) is 12.5. The third-order valence-electron chi connectivity index (χ3n) is 4.55. The van der Waals surface area contributed by atoms with Crippen LogP contribution >= 0.6 is 23.7 Å². The number of sulfonamides is 1. The predicted octanol–water partition coefficient (Wildman–Crippen LogP) is 2.38. The Morgan fingerprint density at radius 2 is 2.00 bits per heavy atom. The molecule has 6 nitrogen and oxygen atoms in total. The minimum absolute atomic E-state index is 0. The van der Waals surface area contributed by atoms with Crippen LogP contribution in [0.4, 0.5) is 0 Å². The van der Waals surface area contributed by atoms with E-state index < -0.39 is 10.0 Å². The van der Waals surface area contributed by atoms with Gasteiger partial charge in [0.25, 0.3) is 5.91 Å². The average Bonchev–Trinajstić information content (AvgIpc) is 3.16. The van der Waals surface area contributed by atoms with E-state index in [1.165, 1.54) is 23.5 Å². The highest BCUT2D eigenvalue weighted by Crippen LogP contribution is 2.15. The SMILES string of the molecule is CC1CNCCC1NC(=O)c1ccc(S(=O)(=O)NCc2cccs2)cc1.Cl. The molecule has 9 heteroatoms. The van der Waals surface area contributed by atoms with Gasteiger partial charge >= 0.3 is 0 Å². The molecular formula is C18H24ClN3O3S2. The second-order valence-corrected chi connectivity index (χ2v) is 9.28. The van der Waals surface area contributed by atoms with Crippen molar-refractivity contribution in [2.45, 2.75) is 30.8 Å². The molecule has 2 unspecified atom stereocenters. The normalized spacial score (nSPS) is 19.9. The van der Waals surface area contributed by atoms with Crippen molar-refractivity contribution in [2.24, 2.45) is 5.92 Å². The lowest BCUT2D eigenvalue weighted by Crippen LogP contribution is -2.48. The number of halogens is 1. The summed E-state index contributed by atoms with van der Waals surface area (Å²) in [6.07, 6.45) is 0.895. The Balaban J connectivity index is 0.00000261. The van der Waals surface area contributed by atoms with Crippen molar-refractivity contribution in [1.29, 1.82) is 0 Å². The molecular weight excluding hydrogens is 406 g/mol. The van der Waals surface area contributed by atoms with E-state index in [0.29, 0.717) is 11.5 Å². The summed E-state index contributed by atoms with van der Waals surface area (Å²) in [4.78, 5) is 13.5. The largest absolute Gasteiger partial charge is 0.349 e. The van der Waals surface area contributed by atoms with Gasteiger partial charge in [0, 0.05) is 23.0 Å². The molecule has 0 spiro atoms. The van der Waals surface area contributed by atoms with Gasteiger partial charge in [-0.2, -0.15) is 0 Å². The molecule has 0 bridgehead atoms. The summed E-state index contributed by atoms with van der Waals surface area (Å²) in [6, 6.07) is 9.95. The van der Waals surface area contributed by atoms with Crippen molar-refractivity contribution in [3.05, 3.63) is 52.2 Å². The highest BCUT2D eigenvalue weighted by molar-refractivity contribution is 7.89. The fraction of sp³-hybridized carbons (Fsp3) is 0.389. The van der Waals surface area contributed by atoms with Gasteiger partial charge in [0.05, 0.1) is 4.90 Å². The number of carbonyl (C=O) groups excluding carboxylic acids is 1. The third kappa shape index (κ3) is 5.76. The van der Waals surface area contributed by atoms with E-state index in [-0.39, 0.29) is 35.8 Å². The van der Waals surface area contributed by atoms with Crippen molar-refractivity contribution >= 4 is 39.7 Å². The van der Waals surface area contributed by atoms with Gasteiger partial charge in [-0.3, -0.25) is 4.79 Å². The van der Waals surface area contributed by atoms with E-state index in [4.69, 9.17) is 0 Å². The number of benzene rings is 1. The molecule has 3 rings (SSSR count). The number of carbonyl (C=O) groups is 1. The van der Waals surface area contributed by atoms with Crippen LogP contribution in [0.25, 0.3) is 0 Å². The molecule has 0 saturated carbocycles. The molecule has 2 heterocycles. The first-order valence-corrected chi connectivity index (χ1v) is 11.0. The molecule has 148 valence electrons. The van der Waals surface area contributed by atoms with Crippen LogP contribution in [0.3, 0.4) is 0 Å². The molecule has 1 aromatic heterocycles. The zero-order valence-corrected chi connectivity index (χ0v) is 17.4. The minimum atomic E-state index is -3.60. The lowest BCUT2D eigenvalue weighted by Gasteiger charge is -2.30. The monoisotopic (exact) mass is 429 g/mol. The number of nitrogens with one attached hydrogen (secondary N) is 3. The lowest BCUT2D eigenvalue weighted by molar-refractivity contribution is 0.0914. The van der Waals surface area contributed by atoms with Gasteiger partial charge in [-0.25, -0.2) is 13.1 Å². The zero-order chi connectivity index (χ0) is 18.6. The van der Waals surface area contributed by atoms with E-state index in [0.717, 1.165) is 24.4 Å². The van der Waals surface area contributed by atoms with Gasteiger partial charge in [0.1, 0.15) is 0 Å². The third-order valence-corrected chi connectivity index (χ3v) is 6.84. The Morgan fingerprint density at radius 1 is 1.26 bits per heavy atom. The fourth-order valence-corrected chi connectivity index (χ4v) is 4.67. The quantitative estimate of drug-likeness (QED) is 0.657. The van der Waals surface area contributed by atoms with Gasteiger partial charge in [0.2, 0.25) is 10.0 Å². The molecule has 1 fully saturated rings. The van der Waals surface area contributed by atoms with Crippen LogP contribution in [0.5, 0.6) is 0 Å². The smallest absolute Gasteiger partial charge is 0.251 e. The minimum Gasteiger partial charge on any atom is -0.349 e. The van der Waals surface area contributed by atoms with Gasteiger partial charge in [-0.15, -0.1) is 23.7 Å². The number of rotatable bonds is 6. The van der Waals surface area contributed by atoms with Crippen molar-refractivity contribution in [3.8, 4) is 0 Å². The highest BCUT2D eigenvalue weighted by atomic mass is 35.5. The molecule has 27 heavy (non-hydrogen) atoms. The van der Waals surface area contributed by atoms with Crippen LogP contribution in [0, 0.1) is 5.92 Å². The van der Waals surface area contributed by atoms with Crippen molar-refractivity contribution in [3.63, 3.8) is 0 Å². The zero-order valence-electron chi connectivity index (χ0n) is 15.0. The Labute approximate surface area is 170 Å². The summed E-state index contributed by atoms with van der Waals surface area (Å²) in [5.41, 5.74) is 0.466. The van der Waals surface area contributed by atoms with Gasteiger partial charge in [-0.05, 0) is 61.1 Å². The summed E-state index contributed by atoms with van der Waals surface area (Å²) >= 11 is 1.50. The van der Waals surface area contributed by atoms with E-state index in [9.17, 15) is 13.2 Å². The van der Waals surface area contributed by atoms with Crippen LogP contribution < -0.4 is 15.4 Å². The maximum atomic E-state index is 12.4. The summed E-state index contributed by atoms with van der Waals surface area (Å²) in [7, 11) is -3.60. The molecule has 1 saturated heterocycles. The molecule has 3 N–H and O–H groups in total. The number of hydrogen-bond acceptors (Lipinski definition) is 5. The second kappa shape index (κ2) is 9.66. The first-order valence-electron chi connectivity index (χ1n) is 8.59. The van der Waals surface area contributed by atoms with Crippen LogP contribution in [0.1, 0.15) is 28.6 Å². The number of hydrogen-bond donors (Lipinski definition) is 3. The molecule has 2 aromatic rings. The van der Waals surface area contributed by atoms with E-state index in [1.807, 2.05) is 17.5 Å². The lowest BCUT2D eigenvalue weighted by atomic mass is 9.95. The van der Waals surface area contributed by atoms with Crippen LogP contribution in [-0.2, 0) is 16.6 Å². The van der Waals surface area contributed by atoms with E-state index in [1.54, 1.807) is 12.1 Å². The standard InChI is InChI=1S/C18H23N3O3S2.ClH/c1-13-11-19-9-8-17(13)21-18(22)14-4-6-16(7-5-14)26(23,24)20-12-15-3-2-10-25-15;/h2-7,10,13,17,19-20H,8-9,11-12H2,1H3,(H,21,22);1H. The molecule has 2 atom stereocenters. The summed E-state index contributed by atoms with van der Waals surface area (Å²) < 4.78 is 27.3.